The average Bonchev–Trinajstić information content (AvgIpc) is 3.46. The first kappa shape index (κ1) is 20.9. The van der Waals surface area contributed by atoms with Crippen LogP contribution in [0.3, 0.4) is 0 Å². The number of halogens is 2. The van der Waals surface area contributed by atoms with Crippen LogP contribution in [-0.4, -0.2) is 55.0 Å². The number of fused-ring (bicyclic) bond motifs is 1. The molecule has 5 rings (SSSR count). The highest BCUT2D eigenvalue weighted by molar-refractivity contribution is 6.32. The lowest BCUT2D eigenvalue weighted by atomic mass is 10.1. The number of rotatable bonds is 3. The number of aromatic amines is 1. The summed E-state index contributed by atoms with van der Waals surface area (Å²) in [6.45, 7) is 4.58. The molecule has 1 aliphatic heterocycles. The summed E-state index contributed by atoms with van der Waals surface area (Å²) in [6.07, 6.45) is 3.00. The van der Waals surface area contributed by atoms with Crippen LogP contribution in [0.5, 0.6) is 0 Å². The molecule has 0 bridgehead atoms. The van der Waals surface area contributed by atoms with Gasteiger partial charge in [-0.2, -0.15) is 15.0 Å². The number of morpholine rings is 1. The minimum absolute atomic E-state index is 0.124. The number of hydrogen-bond donors (Lipinski definition) is 1. The van der Waals surface area contributed by atoms with Gasteiger partial charge >= 0.3 is 0 Å². The fourth-order valence-electron chi connectivity index (χ4n) is 3.97. The van der Waals surface area contributed by atoms with E-state index in [0.717, 1.165) is 16.6 Å². The summed E-state index contributed by atoms with van der Waals surface area (Å²) in [5.74, 6) is 0.446. The Morgan fingerprint density at radius 3 is 2.75 bits per heavy atom. The van der Waals surface area contributed by atoms with Crippen molar-refractivity contribution in [3.8, 4) is 5.69 Å². The maximum atomic E-state index is 13.8. The number of carbonyl (C=O) groups is 1. The number of nitrogens with zero attached hydrogens (tertiary/aromatic N) is 5. The molecule has 164 valence electrons. The summed E-state index contributed by atoms with van der Waals surface area (Å²) < 4.78 is 5.90. The van der Waals surface area contributed by atoms with E-state index >= 15 is 0 Å². The van der Waals surface area contributed by atoms with Crippen molar-refractivity contribution in [2.24, 2.45) is 0 Å². The van der Waals surface area contributed by atoms with E-state index in [0.29, 0.717) is 40.3 Å². The van der Waals surface area contributed by atoms with E-state index in [2.05, 4.69) is 15.2 Å². The van der Waals surface area contributed by atoms with Gasteiger partial charge in [0.2, 0.25) is 0 Å². The summed E-state index contributed by atoms with van der Waals surface area (Å²) in [5.41, 5.74) is 3.48. The molecule has 3 heterocycles. The topological polar surface area (TPSA) is 88.9 Å². The average molecular weight is 471 g/mol. The van der Waals surface area contributed by atoms with Crippen molar-refractivity contribution in [2.75, 3.05) is 13.2 Å². The van der Waals surface area contributed by atoms with Crippen molar-refractivity contribution in [2.45, 2.75) is 26.0 Å². The third-order valence-electron chi connectivity index (χ3n) is 5.63. The molecule has 0 aliphatic carbocycles. The van der Waals surface area contributed by atoms with Crippen molar-refractivity contribution >= 4 is 40.1 Å². The third kappa shape index (κ3) is 3.64. The van der Waals surface area contributed by atoms with E-state index in [1.54, 1.807) is 35.5 Å². The predicted molar refractivity (Wildman–Crippen MR) is 121 cm³/mol. The van der Waals surface area contributed by atoms with Crippen LogP contribution in [0.15, 0.2) is 42.7 Å². The van der Waals surface area contributed by atoms with Gasteiger partial charge in [-0.1, -0.05) is 23.2 Å². The molecule has 1 fully saturated rings. The molecule has 0 radical (unpaired) electrons. The minimum atomic E-state index is -0.401. The molecular weight excluding hydrogens is 451 g/mol. The van der Waals surface area contributed by atoms with Crippen LogP contribution < -0.4 is 0 Å². The molecule has 1 saturated heterocycles. The van der Waals surface area contributed by atoms with Crippen molar-refractivity contribution < 1.29 is 9.53 Å². The number of carbonyl (C=O) groups excluding carboxylic acids is 1. The summed E-state index contributed by atoms with van der Waals surface area (Å²) >= 11 is 12.5. The first-order valence-corrected chi connectivity index (χ1v) is 10.9. The highest BCUT2D eigenvalue weighted by atomic mass is 35.5. The van der Waals surface area contributed by atoms with E-state index in [-0.39, 0.29) is 12.0 Å². The third-order valence-corrected chi connectivity index (χ3v) is 6.27. The second-order valence-electron chi connectivity index (χ2n) is 7.79. The molecule has 10 heteroatoms. The molecule has 2 aromatic carbocycles. The molecule has 2 atom stereocenters. The molecule has 4 aromatic rings. The van der Waals surface area contributed by atoms with Gasteiger partial charge in [0.25, 0.3) is 5.91 Å². The number of imidazole rings is 1. The van der Waals surface area contributed by atoms with Crippen LogP contribution in [0.2, 0.25) is 10.0 Å². The van der Waals surface area contributed by atoms with E-state index < -0.39 is 6.04 Å². The van der Waals surface area contributed by atoms with Crippen molar-refractivity contribution in [3.63, 3.8) is 0 Å². The van der Waals surface area contributed by atoms with E-state index in [1.807, 2.05) is 26.0 Å². The number of ether oxygens (including phenoxy) is 1. The Balaban J connectivity index is 1.58. The predicted octanol–water partition coefficient (Wildman–Crippen LogP) is 4.36. The molecule has 0 spiro atoms. The van der Waals surface area contributed by atoms with Crippen molar-refractivity contribution in [3.05, 3.63) is 69.7 Å². The molecule has 1 amide bonds. The lowest BCUT2D eigenvalue weighted by Gasteiger charge is -2.38. The van der Waals surface area contributed by atoms with Crippen molar-refractivity contribution in [1.82, 2.24) is 29.9 Å². The molecule has 2 aromatic heterocycles. The number of nitrogens with one attached hydrogen (secondary N) is 1. The Morgan fingerprint density at radius 1 is 1.19 bits per heavy atom. The Bertz CT molecular complexity index is 1300. The Kier molecular flexibility index (Phi) is 5.36. The summed E-state index contributed by atoms with van der Waals surface area (Å²) in [5, 5.41) is 9.46. The summed E-state index contributed by atoms with van der Waals surface area (Å²) in [6, 6.07) is 8.41. The molecule has 8 nitrogen and oxygen atoms in total. The summed E-state index contributed by atoms with van der Waals surface area (Å²) in [7, 11) is 0. The second-order valence-corrected chi connectivity index (χ2v) is 8.63. The second kappa shape index (κ2) is 8.20. The zero-order valence-corrected chi connectivity index (χ0v) is 18.9. The highest BCUT2D eigenvalue weighted by Crippen LogP contribution is 2.31. The zero-order valence-electron chi connectivity index (χ0n) is 17.4. The van der Waals surface area contributed by atoms with Gasteiger partial charge in [0.1, 0.15) is 11.9 Å². The van der Waals surface area contributed by atoms with Gasteiger partial charge in [-0.15, -0.1) is 0 Å². The Hall–Kier alpha value is -2.94. The molecule has 1 N–H and O–H groups in total. The molecule has 0 unspecified atom stereocenters. The van der Waals surface area contributed by atoms with Gasteiger partial charge in [0.05, 0.1) is 47.4 Å². The highest BCUT2D eigenvalue weighted by Gasteiger charge is 2.35. The fourth-order valence-corrected chi connectivity index (χ4v) is 4.29. The van der Waals surface area contributed by atoms with Crippen molar-refractivity contribution in [1.29, 1.82) is 0 Å². The first-order valence-electron chi connectivity index (χ1n) is 10.2. The van der Waals surface area contributed by atoms with Gasteiger partial charge in [-0.3, -0.25) is 4.79 Å². The maximum absolute atomic E-state index is 13.8. The van der Waals surface area contributed by atoms with Crippen LogP contribution in [0.25, 0.3) is 16.7 Å². The molecular formula is C22H20Cl2N6O2. The minimum Gasteiger partial charge on any atom is -0.374 e. The number of hydrogen-bond acceptors (Lipinski definition) is 5. The molecule has 32 heavy (non-hydrogen) atoms. The number of benzene rings is 2. The molecule has 0 saturated carbocycles. The van der Waals surface area contributed by atoms with E-state index in [4.69, 9.17) is 32.9 Å². The zero-order chi connectivity index (χ0) is 22.4. The van der Waals surface area contributed by atoms with Crippen LogP contribution in [-0.2, 0) is 4.74 Å². The van der Waals surface area contributed by atoms with Crippen LogP contribution in [0.4, 0.5) is 0 Å². The van der Waals surface area contributed by atoms with Gasteiger partial charge < -0.3 is 14.6 Å². The Labute approximate surface area is 194 Å². The number of H-pyrrole nitrogens is 1. The van der Waals surface area contributed by atoms with Gasteiger partial charge in [-0.25, -0.2) is 4.98 Å². The largest absolute Gasteiger partial charge is 0.374 e. The lowest BCUT2D eigenvalue weighted by Crippen LogP contribution is -2.47. The number of amides is 1. The number of aryl methyl sites for hydroxylation is 1. The smallest absolute Gasteiger partial charge is 0.256 e. The SMILES string of the molecule is Cc1c(Cl)ccc2[nH]c([C@H]3CO[C@H](C)CN3C(=O)c3cc(Cl)ccc3-n3nccn3)nc12. The molecule has 1 aliphatic rings. The number of aromatic nitrogens is 5. The van der Waals surface area contributed by atoms with Crippen LogP contribution in [0.1, 0.15) is 34.7 Å². The standard InChI is InChI=1S/C22H20Cl2N6O2/c1-12-10-29(22(31)15-9-14(23)3-6-18(15)30-25-7-8-26-30)19(11-32-12)21-27-17-5-4-16(24)13(2)20(17)28-21/h3-9,12,19H,10-11H2,1-2H3,(H,27,28)/t12-,19-/m1/s1. The fraction of sp³-hybridized carbons (Fsp3) is 0.273. The maximum Gasteiger partial charge on any atom is 0.256 e. The van der Waals surface area contributed by atoms with Gasteiger partial charge in [-0.05, 0) is 49.7 Å². The lowest BCUT2D eigenvalue weighted by molar-refractivity contribution is -0.0467. The summed E-state index contributed by atoms with van der Waals surface area (Å²) in [4.78, 5) is 25.1. The van der Waals surface area contributed by atoms with Gasteiger partial charge in [0, 0.05) is 16.6 Å². The monoisotopic (exact) mass is 470 g/mol. The normalized spacial score (nSPS) is 18.9. The Morgan fingerprint density at radius 2 is 1.97 bits per heavy atom. The van der Waals surface area contributed by atoms with E-state index in [9.17, 15) is 4.79 Å². The quantitative estimate of drug-likeness (QED) is 0.480. The van der Waals surface area contributed by atoms with Gasteiger partial charge in [0.15, 0.2) is 0 Å². The van der Waals surface area contributed by atoms with E-state index in [1.165, 1.54) is 4.80 Å². The van der Waals surface area contributed by atoms with Crippen LogP contribution >= 0.6 is 23.2 Å². The van der Waals surface area contributed by atoms with Crippen LogP contribution in [0, 0.1) is 6.92 Å². The first-order chi connectivity index (χ1) is 15.4.